The molecule has 3 fully saturated rings. The number of carboxylic acid groups (broad SMARTS) is 1. The number of halogens is 2. The van der Waals surface area contributed by atoms with Gasteiger partial charge >= 0.3 is 5.97 Å². The number of anilines is 3. The van der Waals surface area contributed by atoms with E-state index in [4.69, 9.17) is 4.98 Å². The molecule has 5 heterocycles. The summed E-state index contributed by atoms with van der Waals surface area (Å²) in [6.45, 7) is 8.76. The SMILES string of the molecule is CC(=O)N1CCC2(CC1)C(=O)N(C1CC(N3CCCCC3)C1)c1cc(-c3cc4ncn(C(C)C)c4c(Nc4cc(C(=O)O)c(F)cc4F)n3)ccc12. The highest BCUT2D eigenvalue weighted by Crippen LogP contribution is 2.52. The van der Waals surface area contributed by atoms with Crippen molar-refractivity contribution < 1.29 is 28.3 Å². The second-order valence-corrected chi connectivity index (χ2v) is 15.1. The molecule has 52 heavy (non-hydrogen) atoms. The van der Waals surface area contributed by atoms with Crippen LogP contribution in [0.1, 0.15) is 87.7 Å². The molecule has 8 rings (SSSR count). The molecule has 0 unspecified atom stereocenters. The number of carboxylic acids is 1. The number of fused-ring (bicyclic) bond motifs is 3. The third kappa shape index (κ3) is 5.60. The van der Waals surface area contributed by atoms with Crippen molar-refractivity contribution >= 4 is 46.0 Å². The first-order valence-corrected chi connectivity index (χ1v) is 18.3. The molecule has 272 valence electrons. The predicted octanol–water partition coefficient (Wildman–Crippen LogP) is 6.64. The molecule has 4 aliphatic rings. The molecule has 2 aromatic heterocycles. The number of rotatable bonds is 7. The highest BCUT2D eigenvalue weighted by atomic mass is 19.1. The Kier molecular flexibility index (Phi) is 8.51. The number of nitrogens with one attached hydrogen (secondary N) is 1. The lowest BCUT2D eigenvalue weighted by Gasteiger charge is -2.48. The van der Waals surface area contributed by atoms with Gasteiger partial charge < -0.3 is 29.7 Å². The summed E-state index contributed by atoms with van der Waals surface area (Å²) in [7, 11) is 0. The number of aromatic nitrogens is 3. The molecule has 4 aromatic rings. The van der Waals surface area contributed by atoms with Crippen LogP contribution in [-0.4, -0.2) is 85.5 Å². The summed E-state index contributed by atoms with van der Waals surface area (Å²) < 4.78 is 31.3. The standard InChI is InChI=1S/C39H43F2N7O4/c1-22(2)47-21-42-33-20-31(43-36(35(33)47)44-32-18-27(37(50)51)29(40)19-30(32)41)24-7-8-28-34(15-24)48(26-16-25(17-26)46-11-5-4-6-12-46)38(52)39(28)9-13-45(14-10-39)23(3)49/h7-8,15,18-22,25-26H,4-6,9-14,16-17H2,1-3H3,(H,43,44)(H,50,51). The summed E-state index contributed by atoms with van der Waals surface area (Å²) >= 11 is 0. The van der Waals surface area contributed by atoms with Crippen molar-refractivity contribution in [3.05, 3.63) is 65.5 Å². The highest BCUT2D eigenvalue weighted by molar-refractivity contribution is 6.09. The molecule has 0 bridgehead atoms. The maximum Gasteiger partial charge on any atom is 0.338 e. The van der Waals surface area contributed by atoms with Crippen LogP contribution >= 0.6 is 0 Å². The number of hydrogen-bond acceptors (Lipinski definition) is 7. The topological polar surface area (TPSA) is 124 Å². The van der Waals surface area contributed by atoms with Gasteiger partial charge in [-0.15, -0.1) is 0 Å². The number of piperidine rings is 2. The third-order valence-electron chi connectivity index (χ3n) is 11.8. The van der Waals surface area contributed by atoms with Gasteiger partial charge in [0.15, 0.2) is 5.82 Å². The Hall–Kier alpha value is -4.91. The van der Waals surface area contributed by atoms with Crippen molar-refractivity contribution in [3.63, 3.8) is 0 Å². The Morgan fingerprint density at radius 2 is 1.69 bits per heavy atom. The van der Waals surface area contributed by atoms with Gasteiger partial charge in [-0.3, -0.25) is 9.59 Å². The van der Waals surface area contributed by atoms with Gasteiger partial charge in [0, 0.05) is 55.5 Å². The number of likely N-dealkylation sites (tertiary alicyclic amines) is 2. The fourth-order valence-electron chi connectivity index (χ4n) is 8.77. The van der Waals surface area contributed by atoms with Crippen LogP contribution in [0.15, 0.2) is 42.7 Å². The van der Waals surface area contributed by atoms with E-state index in [1.165, 1.54) is 19.3 Å². The van der Waals surface area contributed by atoms with Gasteiger partial charge in [-0.1, -0.05) is 18.6 Å². The van der Waals surface area contributed by atoms with Crippen LogP contribution < -0.4 is 10.2 Å². The second kappa shape index (κ2) is 12.9. The molecule has 1 spiro atoms. The quantitative estimate of drug-likeness (QED) is 0.219. The van der Waals surface area contributed by atoms with Crippen molar-refractivity contribution in [3.8, 4) is 11.3 Å². The molecule has 0 atom stereocenters. The maximum absolute atomic E-state index is 15.1. The zero-order valence-electron chi connectivity index (χ0n) is 29.7. The van der Waals surface area contributed by atoms with Crippen LogP contribution in [0, 0.1) is 11.6 Å². The monoisotopic (exact) mass is 711 g/mol. The summed E-state index contributed by atoms with van der Waals surface area (Å²) in [5.41, 5.74) is 2.63. The van der Waals surface area contributed by atoms with Crippen molar-refractivity contribution in [2.75, 3.05) is 36.4 Å². The van der Waals surface area contributed by atoms with Crippen LogP contribution in [0.3, 0.4) is 0 Å². The lowest BCUT2D eigenvalue weighted by Crippen LogP contribution is -2.58. The number of imidazole rings is 1. The van der Waals surface area contributed by atoms with Gasteiger partial charge in [0.2, 0.25) is 11.8 Å². The number of hydrogen-bond donors (Lipinski definition) is 2. The Morgan fingerprint density at radius 1 is 0.962 bits per heavy atom. The van der Waals surface area contributed by atoms with Crippen LogP contribution in [0.2, 0.25) is 0 Å². The van der Waals surface area contributed by atoms with E-state index >= 15 is 4.39 Å². The fraction of sp³-hybridized carbons (Fsp3) is 0.462. The number of carbonyl (C=O) groups is 3. The molecule has 2 saturated heterocycles. The van der Waals surface area contributed by atoms with Crippen molar-refractivity contribution in [1.82, 2.24) is 24.3 Å². The molecule has 2 aromatic carbocycles. The minimum Gasteiger partial charge on any atom is -0.478 e. The van der Waals surface area contributed by atoms with Gasteiger partial charge in [0.05, 0.1) is 34.2 Å². The zero-order chi connectivity index (χ0) is 36.5. The number of benzene rings is 2. The first-order chi connectivity index (χ1) is 24.9. The average molecular weight is 712 g/mol. The van der Waals surface area contributed by atoms with Gasteiger partial charge in [0.25, 0.3) is 0 Å². The zero-order valence-corrected chi connectivity index (χ0v) is 29.7. The average Bonchev–Trinajstić information content (AvgIpc) is 3.64. The highest BCUT2D eigenvalue weighted by Gasteiger charge is 2.55. The van der Waals surface area contributed by atoms with E-state index in [2.05, 4.69) is 15.2 Å². The van der Waals surface area contributed by atoms with Crippen molar-refractivity contribution in [2.24, 2.45) is 0 Å². The summed E-state index contributed by atoms with van der Waals surface area (Å²) in [6, 6.07) is 9.81. The first kappa shape index (κ1) is 34.2. The largest absolute Gasteiger partial charge is 0.478 e. The molecular weight excluding hydrogens is 668 g/mol. The van der Waals surface area contributed by atoms with E-state index in [1.54, 1.807) is 13.3 Å². The van der Waals surface area contributed by atoms with Crippen LogP contribution in [0.25, 0.3) is 22.3 Å². The summed E-state index contributed by atoms with van der Waals surface area (Å²) in [5.74, 6) is -3.31. The van der Waals surface area contributed by atoms with Crippen molar-refractivity contribution in [1.29, 1.82) is 0 Å². The summed E-state index contributed by atoms with van der Waals surface area (Å²) in [4.78, 5) is 54.6. The first-order valence-electron chi connectivity index (χ1n) is 18.3. The van der Waals surface area contributed by atoms with E-state index in [-0.39, 0.29) is 35.4 Å². The Bertz CT molecular complexity index is 2100. The maximum atomic E-state index is 15.1. The second-order valence-electron chi connectivity index (χ2n) is 15.1. The number of amides is 2. The summed E-state index contributed by atoms with van der Waals surface area (Å²) in [6.07, 6.45) is 8.31. The number of pyridine rings is 1. The molecule has 11 nitrogen and oxygen atoms in total. The lowest BCUT2D eigenvalue weighted by atomic mass is 9.73. The summed E-state index contributed by atoms with van der Waals surface area (Å²) in [5, 5.41) is 12.5. The van der Waals surface area contributed by atoms with Crippen LogP contribution in [0.4, 0.5) is 26.0 Å². The lowest BCUT2D eigenvalue weighted by molar-refractivity contribution is -0.134. The molecule has 2 N–H and O–H groups in total. The number of carbonyl (C=O) groups excluding carboxylic acids is 2. The molecular formula is C39H43F2N7O4. The van der Waals surface area contributed by atoms with E-state index < -0.39 is 28.6 Å². The Labute approximate surface area is 300 Å². The number of nitrogens with zero attached hydrogens (tertiary/aromatic N) is 6. The van der Waals surface area contributed by atoms with Gasteiger partial charge in [-0.2, -0.15) is 0 Å². The van der Waals surface area contributed by atoms with E-state index in [0.717, 1.165) is 48.8 Å². The molecule has 0 radical (unpaired) electrons. The van der Waals surface area contributed by atoms with E-state index in [9.17, 15) is 23.9 Å². The fourth-order valence-corrected chi connectivity index (χ4v) is 8.77. The molecule has 1 saturated carbocycles. The third-order valence-corrected chi connectivity index (χ3v) is 11.8. The van der Waals surface area contributed by atoms with Crippen LogP contribution in [-0.2, 0) is 15.0 Å². The Morgan fingerprint density at radius 3 is 2.37 bits per heavy atom. The Balaban J connectivity index is 1.20. The normalized spacial score (nSPS) is 21.5. The molecule has 2 amide bonds. The molecule has 1 aliphatic carbocycles. The smallest absolute Gasteiger partial charge is 0.338 e. The van der Waals surface area contributed by atoms with Crippen LogP contribution in [0.5, 0.6) is 0 Å². The van der Waals surface area contributed by atoms with E-state index in [1.807, 2.05) is 52.5 Å². The number of aromatic carboxylic acids is 1. The predicted molar refractivity (Wildman–Crippen MR) is 193 cm³/mol. The van der Waals surface area contributed by atoms with E-state index in [0.29, 0.717) is 54.8 Å². The van der Waals surface area contributed by atoms with Crippen molar-refractivity contribution in [2.45, 2.75) is 89.3 Å². The van der Waals surface area contributed by atoms with Gasteiger partial charge in [-0.05, 0) is 89.2 Å². The minimum atomic E-state index is -1.52. The minimum absolute atomic E-state index is 0.0154. The molecule has 13 heteroatoms. The van der Waals surface area contributed by atoms with Gasteiger partial charge in [0.1, 0.15) is 17.2 Å². The molecule has 3 aliphatic heterocycles. The van der Waals surface area contributed by atoms with Gasteiger partial charge in [-0.25, -0.2) is 23.5 Å².